The van der Waals surface area contributed by atoms with E-state index >= 15 is 0 Å². The number of benzene rings is 1. The van der Waals surface area contributed by atoms with Gasteiger partial charge in [-0.2, -0.15) is 0 Å². The minimum atomic E-state index is 0.744. The van der Waals surface area contributed by atoms with Crippen molar-refractivity contribution in [2.75, 3.05) is 19.6 Å². The highest BCUT2D eigenvalue weighted by molar-refractivity contribution is 5.74. The molecule has 0 spiro atoms. The maximum absolute atomic E-state index is 5.15. The van der Waals surface area contributed by atoms with Gasteiger partial charge in [-0.05, 0) is 24.1 Å². The van der Waals surface area contributed by atoms with Crippen molar-refractivity contribution >= 4 is 5.57 Å². The number of nitrogens with two attached hydrogens (primary N) is 1. The molecule has 1 aromatic carbocycles. The van der Waals surface area contributed by atoms with Gasteiger partial charge < -0.3 is 11.1 Å². The molecule has 1 aliphatic carbocycles. The van der Waals surface area contributed by atoms with Crippen molar-refractivity contribution in [2.45, 2.75) is 27.2 Å². The first kappa shape index (κ1) is 19.4. The van der Waals surface area contributed by atoms with Crippen LogP contribution in [0, 0.1) is 0 Å². The lowest BCUT2D eigenvalue weighted by atomic mass is 10.1. The van der Waals surface area contributed by atoms with Crippen LogP contribution in [0.1, 0.15) is 32.8 Å². The second kappa shape index (κ2) is 14.8. The Morgan fingerprint density at radius 2 is 1.81 bits per heavy atom. The average Bonchev–Trinajstić information content (AvgIpc) is 2.85. The molecule has 2 rings (SSSR count). The number of rotatable bonds is 4. The molecule has 2 heteroatoms. The van der Waals surface area contributed by atoms with Gasteiger partial charge in [0.2, 0.25) is 0 Å². The van der Waals surface area contributed by atoms with Crippen LogP contribution in [0.15, 0.2) is 60.7 Å². The van der Waals surface area contributed by atoms with E-state index in [1.165, 1.54) is 11.1 Å². The van der Waals surface area contributed by atoms with Crippen LogP contribution in [0.5, 0.6) is 0 Å². The van der Waals surface area contributed by atoms with E-state index in [0.29, 0.717) is 0 Å². The zero-order valence-electron chi connectivity index (χ0n) is 13.7. The topological polar surface area (TPSA) is 38.0 Å². The van der Waals surface area contributed by atoms with E-state index in [1.807, 2.05) is 19.9 Å². The number of likely N-dealkylation sites (N-methyl/N-ethyl adjacent to an activating group) is 1. The summed E-state index contributed by atoms with van der Waals surface area (Å²) in [6, 6.07) is 10.5. The van der Waals surface area contributed by atoms with Gasteiger partial charge in [0.15, 0.2) is 0 Å². The Balaban J connectivity index is 0.000000427. The average molecular weight is 286 g/mol. The van der Waals surface area contributed by atoms with Gasteiger partial charge in [0.05, 0.1) is 0 Å². The van der Waals surface area contributed by atoms with Crippen molar-refractivity contribution in [2.24, 2.45) is 5.73 Å². The molecule has 0 saturated carbocycles. The molecular weight excluding hydrogens is 256 g/mol. The maximum atomic E-state index is 5.15. The van der Waals surface area contributed by atoms with Crippen LogP contribution in [0.3, 0.4) is 0 Å². The van der Waals surface area contributed by atoms with Crippen molar-refractivity contribution < 1.29 is 0 Å². The Kier molecular flexibility index (Phi) is 13.6. The van der Waals surface area contributed by atoms with E-state index in [-0.39, 0.29) is 0 Å². The Hall–Kier alpha value is -1.64. The lowest BCUT2D eigenvalue weighted by Crippen LogP contribution is -2.21. The third-order valence-electron chi connectivity index (χ3n) is 2.68. The second-order valence-corrected chi connectivity index (χ2v) is 4.19. The van der Waals surface area contributed by atoms with Gasteiger partial charge in [-0.1, -0.05) is 81.5 Å². The third-order valence-corrected chi connectivity index (χ3v) is 2.68. The molecule has 0 aliphatic heterocycles. The zero-order valence-corrected chi connectivity index (χ0v) is 13.7. The Bertz CT molecular complexity index is 412. The van der Waals surface area contributed by atoms with Crippen LogP contribution in [0.25, 0.3) is 5.57 Å². The van der Waals surface area contributed by atoms with Gasteiger partial charge >= 0.3 is 0 Å². The first-order valence-electron chi connectivity index (χ1n) is 7.88. The van der Waals surface area contributed by atoms with E-state index in [0.717, 1.165) is 26.1 Å². The summed E-state index contributed by atoms with van der Waals surface area (Å²) in [6.07, 6.45) is 11.8. The van der Waals surface area contributed by atoms with Crippen molar-refractivity contribution in [3.05, 3.63) is 66.3 Å². The molecule has 1 aliphatic rings. The van der Waals surface area contributed by atoms with E-state index in [4.69, 9.17) is 5.73 Å². The normalized spacial score (nSPS) is 12.3. The van der Waals surface area contributed by atoms with Gasteiger partial charge in [0.1, 0.15) is 0 Å². The zero-order chi connectivity index (χ0) is 15.8. The maximum Gasteiger partial charge on any atom is 0.00743 e. The molecule has 0 saturated heterocycles. The quantitative estimate of drug-likeness (QED) is 0.815. The van der Waals surface area contributed by atoms with Gasteiger partial charge in [-0.25, -0.2) is 0 Å². The standard InChI is InChI=1S/C13H12.C4H12N2.C2H6/c1-2-5-9-12(8-4-1)13-10-6-3-7-11-13;1-2-6-4-3-5;1-2/h1-4,6-11H,5H2;6H,2-5H2,1H3;1-2H3. The van der Waals surface area contributed by atoms with E-state index in [2.05, 4.69) is 66.9 Å². The molecule has 0 radical (unpaired) electrons. The predicted octanol–water partition coefficient (Wildman–Crippen LogP) is 4.17. The fraction of sp³-hybridized carbons (Fsp3) is 0.368. The summed E-state index contributed by atoms with van der Waals surface area (Å²) in [4.78, 5) is 0. The summed E-state index contributed by atoms with van der Waals surface area (Å²) in [7, 11) is 0. The molecule has 0 aromatic heterocycles. The summed E-state index contributed by atoms with van der Waals surface area (Å²) in [6.45, 7) is 8.78. The van der Waals surface area contributed by atoms with Crippen molar-refractivity contribution in [1.82, 2.24) is 5.32 Å². The molecule has 3 N–H and O–H groups in total. The molecule has 2 nitrogen and oxygen atoms in total. The van der Waals surface area contributed by atoms with Crippen molar-refractivity contribution in [1.29, 1.82) is 0 Å². The van der Waals surface area contributed by atoms with Crippen LogP contribution < -0.4 is 11.1 Å². The van der Waals surface area contributed by atoms with Crippen LogP contribution in [-0.2, 0) is 0 Å². The lowest BCUT2D eigenvalue weighted by Gasteiger charge is -2.00. The number of allylic oxidation sites excluding steroid dienone is 6. The summed E-state index contributed by atoms with van der Waals surface area (Å²) in [5.41, 5.74) is 7.76. The molecule has 116 valence electrons. The smallest absolute Gasteiger partial charge is 0.00743 e. The van der Waals surface area contributed by atoms with E-state index in [1.54, 1.807) is 0 Å². The molecule has 0 unspecified atom stereocenters. The van der Waals surface area contributed by atoms with Crippen LogP contribution >= 0.6 is 0 Å². The fourth-order valence-corrected chi connectivity index (χ4v) is 1.70. The summed E-state index contributed by atoms with van der Waals surface area (Å²) < 4.78 is 0. The highest BCUT2D eigenvalue weighted by Gasteiger charge is 1.95. The molecule has 0 heterocycles. The highest BCUT2D eigenvalue weighted by atomic mass is 14.9. The summed E-state index contributed by atoms with van der Waals surface area (Å²) in [5, 5.41) is 3.07. The van der Waals surface area contributed by atoms with Crippen LogP contribution in [-0.4, -0.2) is 19.6 Å². The molecule has 0 fully saturated rings. The summed E-state index contributed by atoms with van der Waals surface area (Å²) in [5.74, 6) is 0. The van der Waals surface area contributed by atoms with E-state index in [9.17, 15) is 0 Å². The number of nitrogens with one attached hydrogen (secondary N) is 1. The number of hydrogen-bond acceptors (Lipinski definition) is 2. The van der Waals surface area contributed by atoms with E-state index < -0.39 is 0 Å². The molecule has 0 atom stereocenters. The SMILES string of the molecule is C1=CCC=C(c2ccccc2)C=C1.CC.CCNCCN. The van der Waals surface area contributed by atoms with Gasteiger partial charge in [-0.3, -0.25) is 0 Å². The van der Waals surface area contributed by atoms with Crippen molar-refractivity contribution in [3.63, 3.8) is 0 Å². The number of hydrogen-bond donors (Lipinski definition) is 2. The molecular formula is C19H30N2. The minimum absolute atomic E-state index is 0.744. The Morgan fingerprint density at radius 1 is 1.10 bits per heavy atom. The fourth-order valence-electron chi connectivity index (χ4n) is 1.70. The Morgan fingerprint density at radius 3 is 2.38 bits per heavy atom. The Labute approximate surface area is 130 Å². The molecule has 0 bridgehead atoms. The van der Waals surface area contributed by atoms with Crippen LogP contribution in [0.2, 0.25) is 0 Å². The van der Waals surface area contributed by atoms with Gasteiger partial charge in [0, 0.05) is 13.1 Å². The minimum Gasteiger partial charge on any atom is -0.329 e. The second-order valence-electron chi connectivity index (χ2n) is 4.19. The van der Waals surface area contributed by atoms with Crippen LogP contribution in [0.4, 0.5) is 0 Å². The van der Waals surface area contributed by atoms with Gasteiger partial charge in [0.25, 0.3) is 0 Å². The molecule has 0 amide bonds. The third kappa shape index (κ3) is 9.83. The lowest BCUT2D eigenvalue weighted by molar-refractivity contribution is 0.725. The molecule has 21 heavy (non-hydrogen) atoms. The first-order chi connectivity index (χ1) is 10.4. The predicted molar refractivity (Wildman–Crippen MR) is 96.3 cm³/mol. The first-order valence-corrected chi connectivity index (χ1v) is 7.88. The highest BCUT2D eigenvalue weighted by Crippen LogP contribution is 2.17. The van der Waals surface area contributed by atoms with Crippen molar-refractivity contribution in [3.8, 4) is 0 Å². The monoisotopic (exact) mass is 286 g/mol. The largest absolute Gasteiger partial charge is 0.329 e. The molecule has 1 aromatic rings. The summed E-state index contributed by atoms with van der Waals surface area (Å²) >= 11 is 0. The van der Waals surface area contributed by atoms with Gasteiger partial charge in [-0.15, -0.1) is 0 Å².